The van der Waals surface area contributed by atoms with Crippen LogP contribution < -0.4 is 0 Å². The number of likely N-dealkylation sites (tertiary alicyclic amines) is 2. The first-order valence-corrected chi connectivity index (χ1v) is 9.41. The van der Waals surface area contributed by atoms with Gasteiger partial charge in [0.2, 0.25) is 0 Å². The molecule has 4 heteroatoms. The van der Waals surface area contributed by atoms with Crippen LogP contribution in [0.25, 0.3) is 0 Å². The van der Waals surface area contributed by atoms with Crippen LogP contribution >= 0.6 is 0 Å². The Kier molecular flexibility index (Phi) is 4.59. The number of cyclic esters (lactones) is 1. The van der Waals surface area contributed by atoms with E-state index in [9.17, 15) is 4.79 Å². The summed E-state index contributed by atoms with van der Waals surface area (Å²) in [6.45, 7) is 6.24. The van der Waals surface area contributed by atoms with E-state index in [4.69, 9.17) is 4.74 Å². The Hall–Kier alpha value is -1.39. The van der Waals surface area contributed by atoms with E-state index in [0.29, 0.717) is 12.0 Å². The van der Waals surface area contributed by atoms with Crippen molar-refractivity contribution in [1.29, 1.82) is 0 Å². The number of hydrogen-bond donors (Lipinski definition) is 0. The van der Waals surface area contributed by atoms with Crippen molar-refractivity contribution in [3.8, 4) is 0 Å². The van der Waals surface area contributed by atoms with E-state index in [0.717, 1.165) is 26.1 Å². The molecule has 0 N–H and O–H groups in total. The van der Waals surface area contributed by atoms with Crippen molar-refractivity contribution < 1.29 is 9.53 Å². The third-order valence-electron chi connectivity index (χ3n) is 6.37. The third kappa shape index (κ3) is 3.35. The predicted molar refractivity (Wildman–Crippen MR) is 93.6 cm³/mol. The van der Waals surface area contributed by atoms with Crippen molar-refractivity contribution in [2.24, 2.45) is 5.41 Å². The van der Waals surface area contributed by atoms with Crippen LogP contribution in [0, 0.1) is 5.41 Å². The van der Waals surface area contributed by atoms with E-state index in [1.807, 2.05) is 0 Å². The molecule has 130 valence electrons. The highest BCUT2D eigenvalue weighted by Gasteiger charge is 2.41. The van der Waals surface area contributed by atoms with E-state index in [2.05, 4.69) is 40.1 Å². The van der Waals surface area contributed by atoms with Crippen LogP contribution in [-0.4, -0.2) is 54.6 Å². The highest BCUT2D eigenvalue weighted by Crippen LogP contribution is 2.42. The average Bonchev–Trinajstić information content (AvgIpc) is 3.05. The molecule has 0 amide bonds. The van der Waals surface area contributed by atoms with Crippen LogP contribution in [-0.2, 0) is 16.1 Å². The van der Waals surface area contributed by atoms with E-state index in [-0.39, 0.29) is 12.0 Å². The van der Waals surface area contributed by atoms with Gasteiger partial charge in [-0.2, -0.15) is 0 Å². The molecular weight excluding hydrogens is 300 g/mol. The molecule has 1 spiro atoms. The number of ether oxygens (including phenoxy) is 1. The first kappa shape index (κ1) is 16.1. The Bertz CT molecular complexity index is 556. The van der Waals surface area contributed by atoms with E-state index >= 15 is 0 Å². The maximum atomic E-state index is 11.8. The Morgan fingerprint density at radius 3 is 2.29 bits per heavy atom. The Morgan fingerprint density at radius 1 is 1.00 bits per heavy atom. The molecule has 24 heavy (non-hydrogen) atoms. The molecular formula is C20H28N2O2. The van der Waals surface area contributed by atoms with Crippen molar-refractivity contribution >= 4 is 5.97 Å². The summed E-state index contributed by atoms with van der Waals surface area (Å²) in [4.78, 5) is 16.8. The zero-order valence-electron chi connectivity index (χ0n) is 14.5. The van der Waals surface area contributed by atoms with Gasteiger partial charge in [0.25, 0.3) is 0 Å². The topological polar surface area (TPSA) is 32.8 Å². The molecule has 1 atom stereocenters. The standard InChI is InChI=1S/C20H28N2O2/c23-19-18(6-15-24-19)22-13-9-20(10-14-22)7-11-21(12-8-20)16-17-4-2-1-3-5-17/h1-5,18H,6-16H2. The second-order valence-corrected chi connectivity index (χ2v) is 7.77. The average molecular weight is 328 g/mol. The lowest BCUT2D eigenvalue weighted by Crippen LogP contribution is -2.50. The van der Waals surface area contributed by atoms with Crippen molar-refractivity contribution in [2.45, 2.75) is 44.7 Å². The molecule has 0 aromatic heterocycles. The van der Waals surface area contributed by atoms with Gasteiger partial charge >= 0.3 is 5.97 Å². The van der Waals surface area contributed by atoms with Gasteiger partial charge in [0.1, 0.15) is 6.04 Å². The summed E-state index contributed by atoms with van der Waals surface area (Å²) < 4.78 is 5.14. The molecule has 4 nitrogen and oxygen atoms in total. The number of benzene rings is 1. The zero-order valence-corrected chi connectivity index (χ0v) is 14.5. The first-order valence-electron chi connectivity index (χ1n) is 9.41. The number of esters is 1. The first-order chi connectivity index (χ1) is 11.7. The summed E-state index contributed by atoms with van der Waals surface area (Å²) in [6, 6.07) is 10.8. The van der Waals surface area contributed by atoms with Gasteiger partial charge in [-0.1, -0.05) is 30.3 Å². The summed E-state index contributed by atoms with van der Waals surface area (Å²) in [5.41, 5.74) is 1.94. The quantitative estimate of drug-likeness (QED) is 0.799. The molecule has 1 aromatic rings. The van der Waals surface area contributed by atoms with E-state index < -0.39 is 0 Å². The van der Waals surface area contributed by atoms with Gasteiger partial charge in [0.15, 0.2) is 0 Å². The van der Waals surface area contributed by atoms with Gasteiger partial charge in [-0.3, -0.25) is 14.6 Å². The fourth-order valence-corrected chi connectivity index (χ4v) is 4.65. The Balaban J connectivity index is 1.28. The van der Waals surface area contributed by atoms with Crippen LogP contribution in [0.5, 0.6) is 0 Å². The zero-order chi connectivity index (χ0) is 16.4. The molecule has 0 aliphatic carbocycles. The molecule has 0 saturated carbocycles. The normalized spacial score (nSPS) is 28.2. The SMILES string of the molecule is O=C1OCCC1N1CCC2(CCN(Cc3ccccc3)CC2)CC1. The minimum absolute atomic E-state index is 0.00336. The lowest BCUT2D eigenvalue weighted by Gasteiger charge is -2.47. The molecule has 1 aromatic carbocycles. The second kappa shape index (κ2) is 6.85. The molecule has 1 unspecified atom stereocenters. The van der Waals surface area contributed by atoms with Gasteiger partial charge in [0, 0.05) is 13.0 Å². The van der Waals surface area contributed by atoms with E-state index in [1.165, 1.54) is 44.3 Å². The summed E-state index contributed by atoms with van der Waals surface area (Å²) in [5.74, 6) is 0.00336. The number of carbonyl (C=O) groups is 1. The molecule has 0 radical (unpaired) electrons. The number of piperidine rings is 2. The monoisotopic (exact) mass is 328 g/mol. The van der Waals surface area contributed by atoms with Crippen molar-refractivity contribution in [3.05, 3.63) is 35.9 Å². The second-order valence-electron chi connectivity index (χ2n) is 7.77. The summed E-state index contributed by atoms with van der Waals surface area (Å²) >= 11 is 0. The van der Waals surface area contributed by atoms with Crippen LogP contribution in [0.3, 0.4) is 0 Å². The van der Waals surface area contributed by atoms with Gasteiger partial charge < -0.3 is 4.74 Å². The molecule has 3 heterocycles. The predicted octanol–water partition coefficient (Wildman–Crippen LogP) is 2.68. The fraction of sp³-hybridized carbons (Fsp3) is 0.650. The Morgan fingerprint density at radius 2 is 1.67 bits per heavy atom. The van der Waals surface area contributed by atoms with Crippen LogP contribution in [0.15, 0.2) is 30.3 Å². The molecule has 3 fully saturated rings. The minimum Gasteiger partial charge on any atom is -0.464 e. The number of carbonyl (C=O) groups excluding carboxylic acids is 1. The molecule has 0 bridgehead atoms. The lowest BCUT2D eigenvalue weighted by molar-refractivity contribution is -0.143. The number of nitrogens with zero attached hydrogens (tertiary/aromatic N) is 2. The van der Waals surface area contributed by atoms with Crippen molar-refractivity contribution in [3.63, 3.8) is 0 Å². The van der Waals surface area contributed by atoms with Crippen LogP contribution in [0.2, 0.25) is 0 Å². The fourth-order valence-electron chi connectivity index (χ4n) is 4.65. The highest BCUT2D eigenvalue weighted by molar-refractivity contribution is 5.77. The van der Waals surface area contributed by atoms with E-state index in [1.54, 1.807) is 0 Å². The molecule has 3 saturated heterocycles. The number of rotatable bonds is 3. The van der Waals surface area contributed by atoms with Gasteiger partial charge in [-0.05, 0) is 62.8 Å². The lowest BCUT2D eigenvalue weighted by atomic mass is 9.71. The largest absolute Gasteiger partial charge is 0.464 e. The third-order valence-corrected chi connectivity index (χ3v) is 6.37. The van der Waals surface area contributed by atoms with Crippen LogP contribution in [0.1, 0.15) is 37.7 Å². The van der Waals surface area contributed by atoms with Crippen molar-refractivity contribution in [2.75, 3.05) is 32.8 Å². The van der Waals surface area contributed by atoms with Gasteiger partial charge in [-0.25, -0.2) is 0 Å². The van der Waals surface area contributed by atoms with Crippen LogP contribution in [0.4, 0.5) is 0 Å². The van der Waals surface area contributed by atoms with Gasteiger partial charge in [-0.15, -0.1) is 0 Å². The Labute approximate surface area is 144 Å². The smallest absolute Gasteiger partial charge is 0.323 e. The van der Waals surface area contributed by atoms with Gasteiger partial charge in [0.05, 0.1) is 6.61 Å². The molecule has 3 aliphatic rings. The highest BCUT2D eigenvalue weighted by atomic mass is 16.5. The molecule has 3 aliphatic heterocycles. The minimum atomic E-state index is 0.00336. The molecule has 4 rings (SSSR count). The maximum absolute atomic E-state index is 11.8. The number of hydrogen-bond acceptors (Lipinski definition) is 4. The maximum Gasteiger partial charge on any atom is 0.323 e. The summed E-state index contributed by atoms with van der Waals surface area (Å²) in [7, 11) is 0. The van der Waals surface area contributed by atoms with Crippen molar-refractivity contribution in [1.82, 2.24) is 9.80 Å². The summed E-state index contributed by atoms with van der Waals surface area (Å²) in [6.07, 6.45) is 5.99. The summed E-state index contributed by atoms with van der Waals surface area (Å²) in [5, 5.41) is 0.